The number of nitrogens with zero attached hydrogens (tertiary/aromatic N) is 2. The van der Waals surface area contributed by atoms with E-state index in [4.69, 9.17) is 12.2 Å². The number of thiocarbonyl (C=S) groups is 1. The van der Waals surface area contributed by atoms with E-state index in [9.17, 15) is 0 Å². The SMILES string of the molecule is CC(C)C(=S)N(C)N(C)C(C)C. The molecule has 2 nitrogen and oxygen atoms in total. The minimum absolute atomic E-state index is 0.436. The molecule has 0 aliphatic rings. The van der Waals surface area contributed by atoms with Crippen molar-refractivity contribution in [3.63, 3.8) is 0 Å². The lowest BCUT2D eigenvalue weighted by Crippen LogP contribution is -2.45. The lowest BCUT2D eigenvalue weighted by atomic mass is 10.2. The van der Waals surface area contributed by atoms with Crippen LogP contribution in [0.1, 0.15) is 27.7 Å². The van der Waals surface area contributed by atoms with Gasteiger partial charge in [-0.15, -0.1) is 0 Å². The molecular weight excluding hydrogens is 168 g/mol. The summed E-state index contributed by atoms with van der Waals surface area (Å²) in [6, 6.07) is 0.492. The Balaban J connectivity index is 4.19. The van der Waals surface area contributed by atoms with Gasteiger partial charge in [-0.1, -0.05) is 26.1 Å². The van der Waals surface area contributed by atoms with Crippen LogP contribution in [0.15, 0.2) is 0 Å². The maximum Gasteiger partial charge on any atom is 0.0946 e. The Morgan fingerprint density at radius 2 is 1.50 bits per heavy atom. The molecule has 0 aliphatic carbocycles. The van der Waals surface area contributed by atoms with Gasteiger partial charge in [0.1, 0.15) is 0 Å². The highest BCUT2D eigenvalue weighted by atomic mass is 32.1. The van der Waals surface area contributed by atoms with Crippen molar-refractivity contribution in [2.24, 2.45) is 5.92 Å². The van der Waals surface area contributed by atoms with E-state index in [0.717, 1.165) is 4.99 Å². The predicted octanol–water partition coefficient (Wildman–Crippen LogP) is 2.16. The highest BCUT2D eigenvalue weighted by molar-refractivity contribution is 7.80. The van der Waals surface area contributed by atoms with Gasteiger partial charge in [0.2, 0.25) is 0 Å². The van der Waals surface area contributed by atoms with Gasteiger partial charge in [-0.2, -0.15) is 0 Å². The predicted molar refractivity (Wildman–Crippen MR) is 58.1 cm³/mol. The molecule has 0 rings (SSSR count). The molecule has 72 valence electrons. The number of rotatable bonds is 3. The Bertz CT molecular complexity index is 155. The van der Waals surface area contributed by atoms with Gasteiger partial charge in [0.25, 0.3) is 0 Å². The van der Waals surface area contributed by atoms with Gasteiger partial charge >= 0.3 is 0 Å². The van der Waals surface area contributed by atoms with Crippen LogP contribution >= 0.6 is 12.2 Å². The quantitative estimate of drug-likeness (QED) is 0.495. The smallest absolute Gasteiger partial charge is 0.0946 e. The summed E-state index contributed by atoms with van der Waals surface area (Å²) in [6.45, 7) is 8.54. The van der Waals surface area contributed by atoms with Crippen molar-refractivity contribution in [1.82, 2.24) is 10.0 Å². The second kappa shape index (κ2) is 4.77. The lowest BCUT2D eigenvalue weighted by Gasteiger charge is -2.34. The molecule has 0 radical (unpaired) electrons. The highest BCUT2D eigenvalue weighted by Crippen LogP contribution is 2.06. The average molecular weight is 188 g/mol. The largest absolute Gasteiger partial charge is 0.302 e. The summed E-state index contributed by atoms with van der Waals surface area (Å²) in [5, 5.41) is 4.19. The molecule has 0 fully saturated rings. The van der Waals surface area contributed by atoms with Gasteiger partial charge < -0.3 is 5.01 Å². The Morgan fingerprint density at radius 3 is 1.75 bits per heavy atom. The van der Waals surface area contributed by atoms with Crippen LogP contribution in [0.3, 0.4) is 0 Å². The van der Waals surface area contributed by atoms with Gasteiger partial charge in [-0.3, -0.25) is 0 Å². The van der Waals surface area contributed by atoms with Crippen LogP contribution in [0.4, 0.5) is 0 Å². The van der Waals surface area contributed by atoms with Crippen LogP contribution in [0.2, 0.25) is 0 Å². The number of hydrogen-bond donors (Lipinski definition) is 0. The third kappa shape index (κ3) is 3.07. The van der Waals surface area contributed by atoms with Crippen LogP contribution in [0.5, 0.6) is 0 Å². The molecule has 0 saturated carbocycles. The molecule has 0 aromatic rings. The molecule has 0 unspecified atom stereocenters. The summed E-state index contributed by atoms with van der Waals surface area (Å²) < 4.78 is 0. The maximum atomic E-state index is 5.28. The first kappa shape index (κ1) is 11.8. The molecule has 0 atom stereocenters. The van der Waals surface area contributed by atoms with E-state index in [1.54, 1.807) is 0 Å². The molecule has 0 aromatic carbocycles. The molecule has 0 saturated heterocycles. The minimum atomic E-state index is 0.436. The van der Waals surface area contributed by atoms with Gasteiger partial charge in [-0.05, 0) is 13.8 Å². The third-order valence-corrected chi connectivity index (χ3v) is 2.77. The van der Waals surface area contributed by atoms with E-state index in [-0.39, 0.29) is 0 Å². The van der Waals surface area contributed by atoms with Crippen molar-refractivity contribution >= 4 is 17.2 Å². The van der Waals surface area contributed by atoms with Crippen LogP contribution in [0, 0.1) is 5.92 Å². The van der Waals surface area contributed by atoms with E-state index in [1.165, 1.54) is 0 Å². The highest BCUT2D eigenvalue weighted by Gasteiger charge is 2.14. The molecule has 0 bridgehead atoms. The standard InChI is InChI=1S/C9H20N2S/c1-7(2)9(12)11(6)10(5)8(3)4/h7-8H,1-6H3. The zero-order valence-corrected chi connectivity index (χ0v) is 9.77. The second-order valence-corrected chi connectivity index (χ2v) is 4.10. The molecule has 0 N–H and O–H groups in total. The minimum Gasteiger partial charge on any atom is -0.302 e. The molecule has 0 amide bonds. The van der Waals surface area contributed by atoms with E-state index in [1.807, 2.05) is 12.1 Å². The van der Waals surface area contributed by atoms with Crippen molar-refractivity contribution in [1.29, 1.82) is 0 Å². The summed E-state index contributed by atoms with van der Waals surface area (Å²) in [5.41, 5.74) is 0. The first-order valence-corrected chi connectivity index (χ1v) is 4.79. The molecule has 0 aliphatic heterocycles. The second-order valence-electron chi connectivity index (χ2n) is 3.68. The molecule has 3 heteroatoms. The van der Waals surface area contributed by atoms with Crippen molar-refractivity contribution in [3.8, 4) is 0 Å². The van der Waals surface area contributed by atoms with Crippen LogP contribution in [-0.2, 0) is 0 Å². The Kier molecular flexibility index (Phi) is 4.71. The molecule has 12 heavy (non-hydrogen) atoms. The summed E-state index contributed by atoms with van der Waals surface area (Å²) in [5.74, 6) is 0.436. The first-order valence-electron chi connectivity index (χ1n) is 4.38. The fourth-order valence-electron chi connectivity index (χ4n) is 0.876. The fourth-order valence-corrected chi connectivity index (χ4v) is 1.00. The Hall–Kier alpha value is -0.150. The number of hydrazine groups is 1. The molecular formula is C9H20N2S. The topological polar surface area (TPSA) is 6.48 Å². The monoisotopic (exact) mass is 188 g/mol. The normalized spacial score (nSPS) is 11.4. The molecule has 0 spiro atoms. The zero-order valence-electron chi connectivity index (χ0n) is 8.96. The summed E-state index contributed by atoms with van der Waals surface area (Å²) >= 11 is 5.28. The van der Waals surface area contributed by atoms with Gasteiger partial charge in [0.05, 0.1) is 4.99 Å². The molecule has 0 aromatic heterocycles. The summed E-state index contributed by atoms with van der Waals surface area (Å²) in [6.07, 6.45) is 0. The number of hydrogen-bond acceptors (Lipinski definition) is 2. The van der Waals surface area contributed by atoms with E-state index >= 15 is 0 Å². The van der Waals surface area contributed by atoms with Gasteiger partial charge in [-0.25, -0.2) is 5.01 Å². The molecule has 0 heterocycles. The Morgan fingerprint density at radius 1 is 1.08 bits per heavy atom. The van der Waals surface area contributed by atoms with E-state index < -0.39 is 0 Å². The Labute approximate surface area is 81.5 Å². The van der Waals surface area contributed by atoms with Gasteiger partial charge in [0.15, 0.2) is 0 Å². The van der Waals surface area contributed by atoms with Gasteiger partial charge in [0, 0.05) is 26.1 Å². The van der Waals surface area contributed by atoms with E-state index in [0.29, 0.717) is 12.0 Å². The van der Waals surface area contributed by atoms with Crippen LogP contribution in [-0.4, -0.2) is 35.1 Å². The van der Waals surface area contributed by atoms with E-state index in [2.05, 4.69) is 39.8 Å². The van der Waals surface area contributed by atoms with Crippen molar-refractivity contribution in [3.05, 3.63) is 0 Å². The maximum absolute atomic E-state index is 5.28. The summed E-state index contributed by atoms with van der Waals surface area (Å²) in [4.78, 5) is 0.992. The van der Waals surface area contributed by atoms with Crippen molar-refractivity contribution in [2.45, 2.75) is 33.7 Å². The lowest BCUT2D eigenvalue weighted by molar-refractivity contribution is 0.0670. The van der Waals surface area contributed by atoms with Crippen LogP contribution in [0.25, 0.3) is 0 Å². The van der Waals surface area contributed by atoms with Crippen LogP contribution < -0.4 is 0 Å². The van der Waals surface area contributed by atoms with Crippen molar-refractivity contribution < 1.29 is 0 Å². The summed E-state index contributed by atoms with van der Waals surface area (Å²) in [7, 11) is 4.07. The third-order valence-electron chi connectivity index (χ3n) is 2.03. The van der Waals surface area contributed by atoms with Crippen molar-refractivity contribution in [2.75, 3.05) is 14.1 Å². The fraction of sp³-hybridized carbons (Fsp3) is 0.889. The first-order chi connectivity index (χ1) is 5.37. The zero-order chi connectivity index (χ0) is 9.89. The average Bonchev–Trinajstić information content (AvgIpc) is 2.00.